The predicted molar refractivity (Wildman–Crippen MR) is 124 cm³/mol. The topological polar surface area (TPSA) is 50.0 Å². The highest BCUT2D eigenvalue weighted by Gasteiger charge is 2.29. The zero-order chi connectivity index (χ0) is 22.5. The van der Waals surface area contributed by atoms with Gasteiger partial charge in [0.05, 0.1) is 32.3 Å². The zero-order valence-corrected chi connectivity index (χ0v) is 19.9. The molecule has 0 aliphatic carbocycles. The molecular weight excluding hydrogens is 454 g/mol. The number of fused-ring (bicyclic) bond motifs is 5. The second-order valence-electron chi connectivity index (χ2n) is 8.18. The summed E-state index contributed by atoms with van der Waals surface area (Å²) >= 11 is 0. The molecule has 0 radical (unpaired) electrons. The second kappa shape index (κ2) is 8.61. The largest absolute Gasteiger partial charge is 1.00 e. The normalized spacial score (nSPS) is 13.0. The number of aryl methyl sites for hydroxylation is 2. The first-order valence-corrected chi connectivity index (χ1v) is 10.9. The van der Waals surface area contributed by atoms with Gasteiger partial charge in [0, 0.05) is 17.9 Å². The van der Waals surface area contributed by atoms with Crippen molar-refractivity contribution in [1.29, 1.82) is 0 Å². The summed E-state index contributed by atoms with van der Waals surface area (Å²) in [5.41, 5.74) is 5.73. The number of nitrogens with zero attached hydrogens (tertiary/aromatic N) is 1. The van der Waals surface area contributed by atoms with Crippen LogP contribution < -0.4 is 40.7 Å². The predicted octanol–water partition coefficient (Wildman–Crippen LogP) is 1.78. The number of aromatic nitrogens is 1. The van der Waals surface area contributed by atoms with E-state index in [1.807, 2.05) is 18.2 Å². The van der Waals surface area contributed by atoms with Crippen molar-refractivity contribution >= 4 is 10.8 Å². The lowest BCUT2D eigenvalue weighted by Crippen LogP contribution is -3.00. The first kappa shape index (κ1) is 22.2. The Balaban J connectivity index is 0.00000241. The van der Waals surface area contributed by atoms with Crippen LogP contribution in [0.25, 0.3) is 33.2 Å². The third-order valence-corrected chi connectivity index (χ3v) is 6.52. The molecule has 2 aliphatic heterocycles. The lowest BCUT2D eigenvalue weighted by molar-refractivity contribution is -0.686. The number of pyridine rings is 1. The van der Waals surface area contributed by atoms with Gasteiger partial charge >= 0.3 is 0 Å². The van der Waals surface area contributed by atoms with E-state index in [1.54, 1.807) is 21.3 Å². The van der Waals surface area contributed by atoms with Crippen LogP contribution in [0, 0.1) is 0 Å². The highest BCUT2D eigenvalue weighted by molar-refractivity contribution is 6.02. The Morgan fingerprint density at radius 1 is 0.794 bits per heavy atom. The summed E-state index contributed by atoms with van der Waals surface area (Å²) < 4.78 is 30.4. The minimum Gasteiger partial charge on any atom is -1.00 e. The molecule has 0 amide bonds. The SMILES string of the molecule is COc1ccc(-c2cc(OC)c(OC)c3c[n+]4c(cc23)-c2cc3c(cc2CC4)OCO3)cc1.[Cl-]. The Morgan fingerprint density at radius 3 is 2.26 bits per heavy atom. The molecule has 0 N–H and O–H groups in total. The molecule has 174 valence electrons. The van der Waals surface area contributed by atoms with Crippen molar-refractivity contribution in [1.82, 2.24) is 0 Å². The summed E-state index contributed by atoms with van der Waals surface area (Å²) in [5, 5.41) is 2.10. The lowest BCUT2D eigenvalue weighted by atomic mass is 9.92. The Hall–Kier alpha value is -3.64. The molecule has 1 aromatic heterocycles. The maximum atomic E-state index is 5.80. The minimum absolute atomic E-state index is 0. The molecule has 0 spiro atoms. The van der Waals surface area contributed by atoms with E-state index in [9.17, 15) is 0 Å². The van der Waals surface area contributed by atoms with Gasteiger partial charge in [0.2, 0.25) is 12.5 Å². The summed E-state index contributed by atoms with van der Waals surface area (Å²) in [7, 11) is 5.03. The van der Waals surface area contributed by atoms with Crippen molar-refractivity contribution in [2.45, 2.75) is 13.0 Å². The quantitative estimate of drug-likeness (QED) is 0.419. The number of rotatable bonds is 4. The van der Waals surface area contributed by atoms with Gasteiger partial charge < -0.3 is 36.1 Å². The fraction of sp³-hybridized carbons (Fsp3) is 0.222. The number of benzene rings is 3. The van der Waals surface area contributed by atoms with Gasteiger partial charge in [-0.2, -0.15) is 4.57 Å². The van der Waals surface area contributed by atoms with Crippen molar-refractivity contribution in [2.24, 2.45) is 0 Å². The van der Waals surface area contributed by atoms with Crippen LogP contribution in [0.3, 0.4) is 0 Å². The molecule has 3 aromatic carbocycles. The maximum absolute atomic E-state index is 5.80. The maximum Gasteiger partial charge on any atom is 0.231 e. The number of ether oxygens (including phenoxy) is 5. The van der Waals surface area contributed by atoms with Crippen LogP contribution >= 0.6 is 0 Å². The van der Waals surface area contributed by atoms with Crippen molar-refractivity contribution in [3.8, 4) is 51.1 Å². The van der Waals surface area contributed by atoms with Gasteiger partial charge in [-0.05, 0) is 47.0 Å². The Labute approximate surface area is 204 Å². The summed E-state index contributed by atoms with van der Waals surface area (Å²) in [6.07, 6.45) is 3.10. The number of methoxy groups -OCH3 is 3. The van der Waals surface area contributed by atoms with E-state index in [0.29, 0.717) is 5.75 Å². The molecule has 0 fully saturated rings. The van der Waals surface area contributed by atoms with Gasteiger partial charge in [0.25, 0.3) is 0 Å². The Kier molecular flexibility index (Phi) is 5.62. The molecule has 0 saturated carbocycles. The Bertz CT molecular complexity index is 1400. The van der Waals surface area contributed by atoms with E-state index in [0.717, 1.165) is 63.6 Å². The standard InChI is InChI=1S/C27H24NO5.ClH/c1-29-18-6-4-16(5-7-18)19-12-26(30-2)27(31-3)22-14-28-9-8-17-10-24-25(33-15-32-24)13-20(17)23(28)11-21(19)22;/h4-7,10-14H,8-9,15H2,1-3H3;1H/q+1;/p-1. The van der Waals surface area contributed by atoms with Crippen LogP contribution in [-0.2, 0) is 13.0 Å². The minimum atomic E-state index is 0. The molecule has 4 aromatic rings. The molecule has 7 heteroatoms. The van der Waals surface area contributed by atoms with Crippen LogP contribution in [0.15, 0.2) is 54.7 Å². The molecule has 6 nitrogen and oxygen atoms in total. The van der Waals surface area contributed by atoms with E-state index in [1.165, 1.54) is 11.1 Å². The summed E-state index contributed by atoms with van der Waals surface area (Å²) in [5.74, 6) is 3.88. The van der Waals surface area contributed by atoms with Gasteiger partial charge in [0.15, 0.2) is 35.7 Å². The fourth-order valence-corrected chi connectivity index (χ4v) is 4.86. The van der Waals surface area contributed by atoms with Crippen LogP contribution in [0.2, 0.25) is 0 Å². The highest BCUT2D eigenvalue weighted by atomic mass is 35.5. The van der Waals surface area contributed by atoms with E-state index < -0.39 is 0 Å². The fourth-order valence-electron chi connectivity index (χ4n) is 4.86. The van der Waals surface area contributed by atoms with Crippen molar-refractivity contribution in [3.63, 3.8) is 0 Å². The monoisotopic (exact) mass is 477 g/mol. The Morgan fingerprint density at radius 2 is 1.56 bits per heavy atom. The average Bonchev–Trinajstić information content (AvgIpc) is 3.33. The first-order valence-electron chi connectivity index (χ1n) is 10.9. The summed E-state index contributed by atoms with van der Waals surface area (Å²) in [4.78, 5) is 0. The number of hydrogen-bond donors (Lipinski definition) is 0. The molecule has 0 atom stereocenters. The molecule has 0 bridgehead atoms. The van der Waals surface area contributed by atoms with Crippen molar-refractivity contribution in [2.75, 3.05) is 28.1 Å². The van der Waals surface area contributed by atoms with E-state index >= 15 is 0 Å². The van der Waals surface area contributed by atoms with E-state index in [-0.39, 0.29) is 19.2 Å². The smallest absolute Gasteiger partial charge is 0.231 e. The third kappa shape index (κ3) is 3.37. The van der Waals surface area contributed by atoms with Crippen LogP contribution in [0.5, 0.6) is 28.7 Å². The van der Waals surface area contributed by atoms with Crippen LogP contribution in [-0.4, -0.2) is 28.1 Å². The molecule has 0 unspecified atom stereocenters. The van der Waals surface area contributed by atoms with E-state index in [2.05, 4.69) is 41.1 Å². The van der Waals surface area contributed by atoms with Crippen LogP contribution in [0.4, 0.5) is 0 Å². The number of halogens is 1. The zero-order valence-electron chi connectivity index (χ0n) is 19.2. The molecular formula is C27H24ClNO5. The molecule has 2 aliphatic rings. The molecule has 0 saturated heterocycles. The van der Waals surface area contributed by atoms with Crippen molar-refractivity contribution < 1.29 is 40.7 Å². The van der Waals surface area contributed by atoms with Gasteiger partial charge in [0.1, 0.15) is 5.75 Å². The van der Waals surface area contributed by atoms with Gasteiger partial charge in [-0.15, -0.1) is 0 Å². The second-order valence-corrected chi connectivity index (χ2v) is 8.18. The highest BCUT2D eigenvalue weighted by Crippen LogP contribution is 2.44. The summed E-state index contributed by atoms with van der Waals surface area (Å²) in [6.45, 7) is 1.14. The number of hydrogen-bond acceptors (Lipinski definition) is 5. The van der Waals surface area contributed by atoms with E-state index in [4.69, 9.17) is 23.7 Å². The average molecular weight is 478 g/mol. The molecule has 3 heterocycles. The lowest BCUT2D eigenvalue weighted by Gasteiger charge is -2.19. The molecule has 34 heavy (non-hydrogen) atoms. The molecule has 6 rings (SSSR count). The van der Waals surface area contributed by atoms with Crippen LogP contribution in [0.1, 0.15) is 5.56 Å². The summed E-state index contributed by atoms with van der Waals surface area (Å²) in [6, 6.07) is 16.6. The van der Waals surface area contributed by atoms with Crippen molar-refractivity contribution in [3.05, 3.63) is 60.3 Å². The van der Waals surface area contributed by atoms with Gasteiger partial charge in [-0.3, -0.25) is 0 Å². The first-order chi connectivity index (χ1) is 16.2. The van der Waals surface area contributed by atoms with Gasteiger partial charge in [-0.25, -0.2) is 0 Å². The van der Waals surface area contributed by atoms with Gasteiger partial charge in [-0.1, -0.05) is 12.1 Å². The third-order valence-electron chi connectivity index (χ3n) is 6.52.